The molecule has 0 radical (unpaired) electrons. The predicted octanol–water partition coefficient (Wildman–Crippen LogP) is 2.67. The van der Waals surface area contributed by atoms with Crippen LogP contribution in [0.4, 0.5) is 13.2 Å². The largest absolute Gasteiger partial charge is 0.456 e. The average molecular weight is 256 g/mol. The molecule has 0 heterocycles. The molecule has 0 saturated heterocycles. The van der Waals surface area contributed by atoms with E-state index in [2.05, 4.69) is 0 Å². The Morgan fingerprint density at radius 2 is 1.71 bits per heavy atom. The van der Waals surface area contributed by atoms with Gasteiger partial charge in [-0.25, -0.2) is 0 Å². The first kappa shape index (κ1) is 16.2. The molecule has 0 aromatic heterocycles. The first-order valence-corrected chi connectivity index (χ1v) is 5.38. The predicted molar refractivity (Wildman–Crippen MR) is 56.3 cm³/mol. The molecule has 2 atom stereocenters. The van der Waals surface area contributed by atoms with Gasteiger partial charge >= 0.3 is 12.1 Å². The van der Waals surface area contributed by atoms with E-state index in [9.17, 15) is 23.1 Å². The molecular weight excluding hydrogens is 237 g/mol. The number of hydrogen-bond donors (Lipinski definition) is 1. The fraction of sp³-hybridized carbons (Fsp3) is 0.909. The lowest BCUT2D eigenvalue weighted by atomic mass is 9.86. The van der Waals surface area contributed by atoms with Gasteiger partial charge in [-0.05, 0) is 27.2 Å². The molecule has 0 bridgehead atoms. The second kappa shape index (κ2) is 4.84. The van der Waals surface area contributed by atoms with Crippen LogP contribution >= 0.6 is 0 Å². The molecule has 0 saturated carbocycles. The fourth-order valence-corrected chi connectivity index (χ4v) is 0.959. The van der Waals surface area contributed by atoms with Crippen molar-refractivity contribution in [1.29, 1.82) is 0 Å². The highest BCUT2D eigenvalue weighted by Gasteiger charge is 2.61. The number of aliphatic hydroxyl groups is 1. The van der Waals surface area contributed by atoms with Crippen molar-refractivity contribution in [3.05, 3.63) is 0 Å². The molecular formula is C11H19F3O3. The zero-order valence-corrected chi connectivity index (χ0v) is 10.7. The summed E-state index contributed by atoms with van der Waals surface area (Å²) < 4.78 is 42.6. The second-order valence-electron chi connectivity index (χ2n) is 4.81. The molecule has 0 fully saturated rings. The van der Waals surface area contributed by atoms with Gasteiger partial charge in [-0.2, -0.15) is 13.2 Å². The van der Waals surface area contributed by atoms with Crippen molar-refractivity contribution in [3.63, 3.8) is 0 Å². The minimum atomic E-state index is -4.87. The molecule has 0 amide bonds. The fourth-order valence-electron chi connectivity index (χ4n) is 0.959. The van der Waals surface area contributed by atoms with Crippen molar-refractivity contribution in [2.24, 2.45) is 5.92 Å². The molecule has 0 spiro atoms. The standard InChI is InChI=1S/C11H19F3O3/c1-6-7(2)8(15)17-9(3,4)10(5,16)11(12,13)14/h7,16H,6H2,1-5H3. The number of hydrogen-bond acceptors (Lipinski definition) is 3. The molecule has 6 heteroatoms. The third-order valence-electron chi connectivity index (χ3n) is 3.09. The SMILES string of the molecule is CCC(C)C(=O)OC(C)(C)C(C)(O)C(F)(F)F. The average Bonchev–Trinajstić information content (AvgIpc) is 2.13. The van der Waals surface area contributed by atoms with Crippen molar-refractivity contribution in [3.8, 4) is 0 Å². The number of carbonyl (C=O) groups is 1. The quantitative estimate of drug-likeness (QED) is 0.786. The Bertz CT molecular complexity index is 282. The maximum atomic E-state index is 12.6. The van der Waals surface area contributed by atoms with Crippen molar-refractivity contribution in [2.45, 2.75) is 58.4 Å². The Hall–Kier alpha value is -0.780. The van der Waals surface area contributed by atoms with Crippen LogP contribution in [0.15, 0.2) is 0 Å². The van der Waals surface area contributed by atoms with Gasteiger partial charge in [0.25, 0.3) is 0 Å². The molecule has 2 unspecified atom stereocenters. The van der Waals surface area contributed by atoms with E-state index < -0.39 is 29.3 Å². The van der Waals surface area contributed by atoms with Crippen LogP contribution in [0, 0.1) is 5.92 Å². The highest BCUT2D eigenvalue weighted by molar-refractivity contribution is 5.72. The lowest BCUT2D eigenvalue weighted by Gasteiger charge is -2.40. The summed E-state index contributed by atoms with van der Waals surface area (Å²) in [5.41, 5.74) is -5.13. The summed E-state index contributed by atoms with van der Waals surface area (Å²) in [6, 6.07) is 0. The van der Waals surface area contributed by atoms with Gasteiger partial charge in [0.2, 0.25) is 0 Å². The van der Waals surface area contributed by atoms with E-state index in [1.54, 1.807) is 13.8 Å². The number of esters is 1. The van der Waals surface area contributed by atoms with Gasteiger partial charge in [0.1, 0.15) is 5.60 Å². The van der Waals surface area contributed by atoms with Crippen LogP contribution in [0.25, 0.3) is 0 Å². The van der Waals surface area contributed by atoms with E-state index in [1.165, 1.54) is 0 Å². The summed E-state index contributed by atoms with van der Waals surface area (Å²) in [6.45, 7) is 5.96. The molecule has 3 nitrogen and oxygen atoms in total. The molecule has 0 aliphatic rings. The summed E-state index contributed by atoms with van der Waals surface area (Å²) >= 11 is 0. The first-order valence-electron chi connectivity index (χ1n) is 5.38. The molecule has 0 aliphatic carbocycles. The van der Waals surface area contributed by atoms with E-state index in [4.69, 9.17) is 4.74 Å². The minimum Gasteiger partial charge on any atom is -0.456 e. The zero-order chi connectivity index (χ0) is 14.1. The normalized spacial score (nSPS) is 18.4. The van der Waals surface area contributed by atoms with E-state index in [-0.39, 0.29) is 0 Å². The van der Waals surface area contributed by atoms with Gasteiger partial charge < -0.3 is 9.84 Å². The smallest absolute Gasteiger partial charge is 0.420 e. The van der Waals surface area contributed by atoms with Gasteiger partial charge in [0.15, 0.2) is 5.60 Å². The lowest BCUT2D eigenvalue weighted by molar-refractivity contribution is -0.306. The van der Waals surface area contributed by atoms with Crippen LogP contribution in [0.3, 0.4) is 0 Å². The van der Waals surface area contributed by atoms with Crippen molar-refractivity contribution in [2.75, 3.05) is 0 Å². The summed E-state index contributed by atoms with van der Waals surface area (Å²) in [7, 11) is 0. The van der Waals surface area contributed by atoms with Gasteiger partial charge in [0.05, 0.1) is 5.92 Å². The number of alkyl halides is 3. The molecule has 0 rings (SSSR count). The van der Waals surface area contributed by atoms with E-state index in [0.29, 0.717) is 13.3 Å². The lowest BCUT2D eigenvalue weighted by Crippen LogP contribution is -2.60. The third-order valence-corrected chi connectivity index (χ3v) is 3.09. The van der Waals surface area contributed by atoms with Gasteiger partial charge in [0, 0.05) is 0 Å². The summed E-state index contributed by atoms with van der Waals surface area (Å²) in [4.78, 5) is 11.5. The van der Waals surface area contributed by atoms with Gasteiger partial charge in [-0.3, -0.25) is 4.79 Å². The zero-order valence-electron chi connectivity index (χ0n) is 10.7. The Labute approximate surface area is 99.0 Å². The number of rotatable bonds is 4. The maximum Gasteiger partial charge on any atom is 0.420 e. The molecule has 102 valence electrons. The number of halogens is 3. The van der Waals surface area contributed by atoms with Crippen molar-refractivity contribution < 1.29 is 27.8 Å². The van der Waals surface area contributed by atoms with Crippen LogP contribution in [-0.4, -0.2) is 28.5 Å². The van der Waals surface area contributed by atoms with Crippen LogP contribution in [-0.2, 0) is 9.53 Å². The van der Waals surface area contributed by atoms with Gasteiger partial charge in [-0.15, -0.1) is 0 Å². The third kappa shape index (κ3) is 3.34. The van der Waals surface area contributed by atoms with Crippen LogP contribution in [0.2, 0.25) is 0 Å². The van der Waals surface area contributed by atoms with Crippen LogP contribution < -0.4 is 0 Å². The number of carbonyl (C=O) groups excluding carboxylic acids is 1. The first-order chi connectivity index (χ1) is 7.37. The van der Waals surface area contributed by atoms with E-state index >= 15 is 0 Å². The van der Waals surface area contributed by atoms with Crippen LogP contribution in [0.1, 0.15) is 41.0 Å². The molecule has 0 aliphatic heterocycles. The van der Waals surface area contributed by atoms with Crippen LogP contribution in [0.5, 0.6) is 0 Å². The summed E-state index contributed by atoms with van der Waals surface area (Å²) in [5, 5.41) is 9.48. The summed E-state index contributed by atoms with van der Waals surface area (Å²) in [5.74, 6) is -1.25. The molecule has 0 aromatic carbocycles. The van der Waals surface area contributed by atoms with Crippen molar-refractivity contribution in [1.82, 2.24) is 0 Å². The topological polar surface area (TPSA) is 46.5 Å². The Morgan fingerprint density at radius 3 is 2.00 bits per heavy atom. The molecule has 1 N–H and O–H groups in total. The van der Waals surface area contributed by atoms with E-state index in [0.717, 1.165) is 13.8 Å². The van der Waals surface area contributed by atoms with Gasteiger partial charge in [-0.1, -0.05) is 13.8 Å². The van der Waals surface area contributed by atoms with Crippen molar-refractivity contribution >= 4 is 5.97 Å². The van der Waals surface area contributed by atoms with E-state index in [1.807, 2.05) is 0 Å². The summed E-state index contributed by atoms with van der Waals surface area (Å²) in [6.07, 6.45) is -4.41. The minimum absolute atomic E-state index is 0.461. The Kier molecular flexibility index (Phi) is 4.62. The molecule has 0 aromatic rings. The highest BCUT2D eigenvalue weighted by atomic mass is 19.4. The molecule has 17 heavy (non-hydrogen) atoms. The Morgan fingerprint density at radius 1 is 1.29 bits per heavy atom. The monoisotopic (exact) mass is 256 g/mol. The highest BCUT2D eigenvalue weighted by Crippen LogP contribution is 2.40. The second-order valence-corrected chi connectivity index (χ2v) is 4.81. The number of ether oxygens (including phenoxy) is 1. The Balaban J connectivity index is 4.97. The maximum absolute atomic E-state index is 12.6.